The number of nitrogens with zero attached hydrogens (tertiary/aromatic N) is 3. The third-order valence-corrected chi connectivity index (χ3v) is 10.1. The zero-order valence-corrected chi connectivity index (χ0v) is 24.3. The van der Waals surface area contributed by atoms with E-state index in [2.05, 4.69) is 28.4 Å². The van der Waals surface area contributed by atoms with Crippen molar-refractivity contribution in [2.24, 2.45) is 12.5 Å². The maximum absolute atomic E-state index is 11.7. The molecule has 0 unspecified atom stereocenters. The third kappa shape index (κ3) is 4.68. The van der Waals surface area contributed by atoms with Gasteiger partial charge in [0.15, 0.2) is 0 Å². The molecule has 1 aromatic carbocycles. The van der Waals surface area contributed by atoms with Gasteiger partial charge in [-0.05, 0) is 74.5 Å². The molecule has 0 aliphatic heterocycles. The van der Waals surface area contributed by atoms with E-state index in [1.165, 1.54) is 0 Å². The van der Waals surface area contributed by atoms with Crippen LogP contribution in [0.2, 0.25) is 10.0 Å². The molecule has 4 aliphatic rings. The van der Waals surface area contributed by atoms with Gasteiger partial charge in [-0.3, -0.25) is 4.98 Å². The summed E-state index contributed by atoms with van der Waals surface area (Å²) < 4.78 is 14.4. The highest BCUT2D eigenvalue weighted by Gasteiger charge is 2.48. The number of pyridine rings is 1. The highest BCUT2D eigenvalue weighted by Crippen LogP contribution is 2.55. The molecule has 0 spiro atoms. The number of halogens is 2. The van der Waals surface area contributed by atoms with E-state index in [1.807, 2.05) is 12.1 Å². The van der Waals surface area contributed by atoms with Gasteiger partial charge >= 0.3 is 5.97 Å². The number of hydrogen-bond acceptors (Lipinski definition) is 5. The van der Waals surface area contributed by atoms with Crippen LogP contribution >= 0.6 is 23.2 Å². The van der Waals surface area contributed by atoms with Crippen molar-refractivity contribution in [1.82, 2.24) is 14.7 Å². The van der Waals surface area contributed by atoms with E-state index in [-0.39, 0.29) is 11.0 Å². The maximum atomic E-state index is 11.7. The van der Waals surface area contributed by atoms with Crippen LogP contribution in [0.4, 0.5) is 0 Å². The Kier molecular flexibility index (Phi) is 6.53. The topological polar surface area (TPSA) is 90.4 Å². The molecular weight excluding hydrogens is 561 g/mol. The molecule has 0 saturated heterocycles. The molecule has 3 aromatic heterocycles. The molecule has 0 amide bonds. The first-order valence-electron chi connectivity index (χ1n) is 14.2. The van der Waals surface area contributed by atoms with Gasteiger partial charge in [0.05, 0.1) is 22.3 Å². The molecule has 4 aromatic rings. The Labute approximate surface area is 248 Å². The second kappa shape index (κ2) is 10.0. The van der Waals surface area contributed by atoms with E-state index in [0.717, 1.165) is 79.2 Å². The summed E-state index contributed by atoms with van der Waals surface area (Å²) in [6.07, 6.45) is 16.1. The Morgan fingerprint density at radius 2 is 1.85 bits per heavy atom. The number of aromatic nitrogens is 3. The quantitative estimate of drug-likeness (QED) is 0.221. The van der Waals surface area contributed by atoms with Gasteiger partial charge in [0.25, 0.3) is 0 Å². The number of allylic oxidation sites excluding steroid dienone is 1. The Bertz CT molecular complexity index is 1660. The standard InChI is InChI=1S/C32H31Cl2N3O4/c1-37-25-4-2-3-19(21(25)15-26(37)30(38)39)7-8-31-9-12-32(13-10-31,14-11-31)40-18-22-28(36-41-29(22)20-5-6-20)27-23(33)16-35-17-24(27)34/h2-4,7-8,15-17,20H,5-6,9-14,18H2,1H3,(H,38,39)/b8-7+. The second-order valence-corrected chi connectivity index (χ2v) is 12.8. The summed E-state index contributed by atoms with van der Waals surface area (Å²) >= 11 is 13.0. The van der Waals surface area contributed by atoms with Crippen LogP contribution in [-0.2, 0) is 18.4 Å². The summed E-state index contributed by atoms with van der Waals surface area (Å²) in [7, 11) is 1.80. The number of aryl methyl sites for hydroxylation is 1. The molecule has 4 aliphatic carbocycles. The first-order chi connectivity index (χ1) is 19.8. The van der Waals surface area contributed by atoms with Crippen molar-refractivity contribution in [3.8, 4) is 11.3 Å². The van der Waals surface area contributed by atoms with Gasteiger partial charge in [-0.1, -0.05) is 52.6 Å². The van der Waals surface area contributed by atoms with Crippen LogP contribution in [0.25, 0.3) is 28.2 Å². The minimum atomic E-state index is -0.914. The van der Waals surface area contributed by atoms with Gasteiger partial charge in [-0.2, -0.15) is 0 Å². The summed E-state index contributed by atoms with van der Waals surface area (Å²) in [5, 5.41) is 15.8. The lowest BCUT2D eigenvalue weighted by molar-refractivity contribution is -0.133. The summed E-state index contributed by atoms with van der Waals surface area (Å²) in [6, 6.07) is 7.80. The van der Waals surface area contributed by atoms with Gasteiger partial charge in [0.2, 0.25) is 0 Å². The van der Waals surface area contributed by atoms with Crippen LogP contribution in [0.5, 0.6) is 0 Å². The Morgan fingerprint density at radius 1 is 1.15 bits per heavy atom. The molecule has 4 fully saturated rings. The van der Waals surface area contributed by atoms with E-state index in [4.69, 9.17) is 32.5 Å². The number of aromatic carboxylic acids is 1. The number of carbonyl (C=O) groups is 1. The van der Waals surface area contributed by atoms with E-state index >= 15 is 0 Å². The molecule has 0 radical (unpaired) electrons. The van der Waals surface area contributed by atoms with Crippen LogP contribution in [-0.4, -0.2) is 31.4 Å². The Hall–Kier alpha value is -3.13. The summed E-state index contributed by atoms with van der Waals surface area (Å²) in [6.45, 7) is 0.421. The van der Waals surface area contributed by atoms with E-state index in [9.17, 15) is 9.90 Å². The number of carboxylic acid groups (broad SMARTS) is 1. The van der Waals surface area contributed by atoms with Gasteiger partial charge in [-0.25, -0.2) is 4.79 Å². The molecule has 41 heavy (non-hydrogen) atoms. The van der Waals surface area contributed by atoms with Crippen LogP contribution in [0.3, 0.4) is 0 Å². The SMILES string of the molecule is Cn1c(C(=O)O)cc2c(/C=C/C34CCC(OCc5c(-c6c(Cl)cncc6Cl)noc5C5CC5)(CC3)CC4)cccc21. The number of benzene rings is 1. The number of ether oxygens (including phenoxy) is 1. The summed E-state index contributed by atoms with van der Waals surface area (Å²) in [4.78, 5) is 15.8. The second-order valence-electron chi connectivity index (χ2n) is 12.0. The van der Waals surface area contributed by atoms with Gasteiger partial charge in [0, 0.05) is 47.4 Å². The molecule has 7 nitrogen and oxygen atoms in total. The highest BCUT2D eigenvalue weighted by atomic mass is 35.5. The minimum absolute atomic E-state index is 0.136. The fourth-order valence-corrected chi connectivity index (χ4v) is 7.38. The summed E-state index contributed by atoms with van der Waals surface area (Å²) in [5.41, 5.74) is 4.52. The van der Waals surface area contributed by atoms with Crippen molar-refractivity contribution >= 4 is 46.2 Å². The van der Waals surface area contributed by atoms with Gasteiger partial charge in [-0.15, -0.1) is 0 Å². The fourth-order valence-electron chi connectivity index (χ4n) is 6.83. The monoisotopic (exact) mass is 591 g/mol. The zero-order valence-electron chi connectivity index (χ0n) is 22.8. The lowest BCUT2D eigenvalue weighted by atomic mass is 9.58. The number of fused-ring (bicyclic) bond motifs is 4. The van der Waals surface area contributed by atoms with Crippen molar-refractivity contribution in [2.75, 3.05) is 0 Å². The maximum Gasteiger partial charge on any atom is 0.352 e. The fraction of sp³-hybridized carbons (Fsp3) is 0.406. The molecule has 3 heterocycles. The Morgan fingerprint density at radius 3 is 2.51 bits per heavy atom. The molecule has 2 bridgehead atoms. The molecular formula is C32H31Cl2N3O4. The predicted octanol–water partition coefficient (Wildman–Crippen LogP) is 8.43. The lowest BCUT2D eigenvalue weighted by Crippen LogP contribution is -2.46. The van der Waals surface area contributed by atoms with Crippen LogP contribution in [0.1, 0.15) is 84.7 Å². The van der Waals surface area contributed by atoms with Crippen LogP contribution in [0.15, 0.2) is 47.3 Å². The van der Waals surface area contributed by atoms with Gasteiger partial charge < -0.3 is 18.9 Å². The average molecular weight is 593 g/mol. The number of rotatable bonds is 8. The molecule has 4 saturated carbocycles. The summed E-state index contributed by atoms with van der Waals surface area (Å²) in [5.74, 6) is 0.357. The smallest absolute Gasteiger partial charge is 0.352 e. The van der Waals surface area contributed by atoms with Gasteiger partial charge in [0.1, 0.15) is 17.1 Å². The molecule has 1 N–H and O–H groups in total. The normalized spacial score (nSPS) is 24.1. The van der Waals surface area contributed by atoms with Crippen molar-refractivity contribution in [3.05, 3.63) is 75.4 Å². The lowest BCUT2D eigenvalue weighted by Gasteiger charge is -2.52. The molecule has 212 valence electrons. The van der Waals surface area contributed by atoms with Crippen LogP contribution < -0.4 is 0 Å². The largest absolute Gasteiger partial charge is 0.477 e. The van der Waals surface area contributed by atoms with Crippen molar-refractivity contribution in [2.45, 2.75) is 69.5 Å². The minimum Gasteiger partial charge on any atom is -0.477 e. The van der Waals surface area contributed by atoms with E-state index in [0.29, 0.717) is 39.5 Å². The molecule has 9 heteroatoms. The van der Waals surface area contributed by atoms with Crippen molar-refractivity contribution < 1.29 is 19.2 Å². The molecule has 0 atom stereocenters. The van der Waals surface area contributed by atoms with E-state index in [1.54, 1.807) is 30.1 Å². The average Bonchev–Trinajstić information content (AvgIpc) is 3.65. The van der Waals surface area contributed by atoms with Crippen LogP contribution in [0, 0.1) is 5.41 Å². The number of carboxylic acids is 1. The predicted molar refractivity (Wildman–Crippen MR) is 158 cm³/mol. The zero-order chi connectivity index (χ0) is 28.4. The third-order valence-electron chi connectivity index (χ3n) is 9.57. The van der Waals surface area contributed by atoms with Crippen molar-refractivity contribution in [3.63, 3.8) is 0 Å². The first kappa shape index (κ1) is 26.7. The number of hydrogen-bond donors (Lipinski definition) is 1. The first-order valence-corrected chi connectivity index (χ1v) is 15.0. The van der Waals surface area contributed by atoms with Crippen molar-refractivity contribution in [1.29, 1.82) is 0 Å². The Balaban J connectivity index is 1.09. The molecule has 8 rings (SSSR count). The van der Waals surface area contributed by atoms with E-state index < -0.39 is 5.97 Å². The highest BCUT2D eigenvalue weighted by molar-refractivity contribution is 6.38.